The number of sulfonamides is 1. The monoisotopic (exact) mass is 442 g/mol. The largest absolute Gasteiger partial charge is 0.340 e. The van der Waals surface area contributed by atoms with E-state index < -0.39 is 10.0 Å². The maximum absolute atomic E-state index is 12.8. The molecule has 3 heterocycles. The number of rotatable bonds is 4. The van der Waals surface area contributed by atoms with Gasteiger partial charge >= 0.3 is 0 Å². The molecule has 0 spiro atoms. The molecule has 1 aromatic carbocycles. The Morgan fingerprint density at radius 2 is 1.71 bits per heavy atom. The van der Waals surface area contributed by atoms with Gasteiger partial charge in [-0.05, 0) is 49.3 Å². The lowest BCUT2D eigenvalue weighted by atomic mass is 10.0. The number of piperazine rings is 1. The summed E-state index contributed by atoms with van der Waals surface area (Å²) in [5.74, 6) is 1.10. The molecule has 0 unspecified atom stereocenters. The van der Waals surface area contributed by atoms with Crippen LogP contribution in [-0.4, -0.2) is 64.9 Å². The highest BCUT2D eigenvalue weighted by molar-refractivity contribution is 7.88. The smallest absolute Gasteiger partial charge is 0.263 e. The molecule has 2 aromatic heterocycles. The van der Waals surface area contributed by atoms with Gasteiger partial charge in [-0.1, -0.05) is 12.1 Å². The summed E-state index contributed by atoms with van der Waals surface area (Å²) >= 11 is 0. The maximum atomic E-state index is 12.8. The molecule has 1 aliphatic carbocycles. The number of hydrogen-bond donors (Lipinski definition) is 1. The number of nitrogens with zero attached hydrogens (tertiary/aromatic N) is 5. The fourth-order valence-electron chi connectivity index (χ4n) is 4.40. The van der Waals surface area contributed by atoms with Gasteiger partial charge in [-0.25, -0.2) is 13.1 Å². The number of hydrogen-bond acceptors (Lipinski definition) is 6. The van der Waals surface area contributed by atoms with E-state index >= 15 is 0 Å². The molecule has 5 rings (SSSR count). The lowest BCUT2D eigenvalue weighted by Gasteiger charge is -2.33. The molecule has 1 N–H and O–H groups in total. The first-order valence-electron chi connectivity index (χ1n) is 10.5. The van der Waals surface area contributed by atoms with Crippen molar-refractivity contribution in [3.05, 3.63) is 45.4 Å². The second-order valence-electron chi connectivity index (χ2n) is 8.63. The number of H-pyrrole nitrogens is 1. The summed E-state index contributed by atoms with van der Waals surface area (Å²) in [4.78, 5) is 22.1. The average Bonchev–Trinajstić information content (AvgIpc) is 3.47. The van der Waals surface area contributed by atoms with Gasteiger partial charge in [-0.2, -0.15) is 9.29 Å². The average molecular weight is 443 g/mol. The van der Waals surface area contributed by atoms with Gasteiger partial charge in [0.05, 0.1) is 11.9 Å². The SMILES string of the molecule is Cc1cc(C2CC2)cc(C)c1-n1cc2c(=O)[nH]c(N3CCN(S(C)(=O)=O)CC3)nc2n1. The zero-order valence-corrected chi connectivity index (χ0v) is 18.7. The van der Waals surface area contributed by atoms with E-state index in [1.54, 1.807) is 10.9 Å². The topological polar surface area (TPSA) is 104 Å². The van der Waals surface area contributed by atoms with Crippen LogP contribution in [-0.2, 0) is 10.0 Å². The van der Waals surface area contributed by atoms with Crippen LogP contribution in [0.2, 0.25) is 0 Å². The standard InChI is InChI=1S/C21H26N6O3S/c1-13-10-16(15-4-5-15)11-14(2)18(13)27-12-17-19(24-27)22-21(23-20(17)28)25-6-8-26(9-7-25)31(3,29)30/h10-12,15H,4-9H2,1-3H3,(H,22,23,24,28). The Balaban J connectivity index is 1.48. The first kappa shape index (κ1) is 20.2. The Labute approximate surface area is 180 Å². The minimum atomic E-state index is -3.22. The summed E-state index contributed by atoms with van der Waals surface area (Å²) in [6.45, 7) is 5.80. The number of aryl methyl sites for hydroxylation is 2. The Hall–Kier alpha value is -2.72. The normalized spacial score (nSPS) is 18.1. The molecule has 0 bridgehead atoms. The molecule has 2 aliphatic rings. The molecular weight excluding hydrogens is 416 g/mol. The van der Waals surface area contributed by atoms with Gasteiger partial charge in [0.1, 0.15) is 5.39 Å². The minimum Gasteiger partial charge on any atom is -0.340 e. The van der Waals surface area contributed by atoms with Crippen molar-refractivity contribution in [1.29, 1.82) is 0 Å². The zero-order chi connectivity index (χ0) is 21.9. The lowest BCUT2D eigenvalue weighted by molar-refractivity contribution is 0.385. The zero-order valence-electron chi connectivity index (χ0n) is 17.9. The molecule has 1 aliphatic heterocycles. The van der Waals surface area contributed by atoms with Crippen LogP contribution in [0.1, 0.15) is 35.4 Å². The highest BCUT2D eigenvalue weighted by Gasteiger charge is 2.26. The van der Waals surface area contributed by atoms with Crippen LogP contribution in [0.15, 0.2) is 23.1 Å². The summed E-state index contributed by atoms with van der Waals surface area (Å²) in [7, 11) is -3.22. The van der Waals surface area contributed by atoms with E-state index in [2.05, 4.69) is 41.0 Å². The molecule has 0 atom stereocenters. The second kappa shape index (κ2) is 7.16. The summed E-state index contributed by atoms with van der Waals surface area (Å²) in [6, 6.07) is 4.44. The van der Waals surface area contributed by atoms with Crippen LogP contribution in [0.5, 0.6) is 0 Å². The van der Waals surface area contributed by atoms with Crippen molar-refractivity contribution in [2.45, 2.75) is 32.6 Å². The maximum Gasteiger partial charge on any atom is 0.263 e. The first-order valence-corrected chi connectivity index (χ1v) is 12.4. The van der Waals surface area contributed by atoms with E-state index in [1.165, 1.54) is 29.0 Å². The Morgan fingerprint density at radius 1 is 1.06 bits per heavy atom. The molecule has 9 nitrogen and oxygen atoms in total. The Morgan fingerprint density at radius 3 is 2.29 bits per heavy atom. The third-order valence-corrected chi connectivity index (χ3v) is 7.48. The number of aromatic amines is 1. The van der Waals surface area contributed by atoms with Gasteiger partial charge in [0.25, 0.3) is 5.56 Å². The van der Waals surface area contributed by atoms with Crippen LogP contribution < -0.4 is 10.5 Å². The van der Waals surface area contributed by atoms with Crippen molar-refractivity contribution in [1.82, 2.24) is 24.1 Å². The van der Waals surface area contributed by atoms with Gasteiger partial charge < -0.3 is 4.90 Å². The number of benzene rings is 1. The summed E-state index contributed by atoms with van der Waals surface area (Å²) in [5, 5.41) is 5.05. The molecule has 1 saturated heterocycles. The van der Waals surface area contributed by atoms with Crippen LogP contribution >= 0.6 is 0 Å². The van der Waals surface area contributed by atoms with Crippen LogP contribution in [0.25, 0.3) is 16.7 Å². The predicted molar refractivity (Wildman–Crippen MR) is 120 cm³/mol. The van der Waals surface area contributed by atoms with Crippen molar-refractivity contribution in [3.63, 3.8) is 0 Å². The minimum absolute atomic E-state index is 0.248. The van der Waals surface area contributed by atoms with Crippen molar-refractivity contribution in [2.75, 3.05) is 37.3 Å². The fraction of sp³-hybridized carbons (Fsp3) is 0.476. The molecular formula is C21H26N6O3S. The number of nitrogens with one attached hydrogen (secondary N) is 1. The molecule has 0 amide bonds. The summed E-state index contributed by atoms with van der Waals surface area (Å²) in [6.07, 6.45) is 5.45. The van der Waals surface area contributed by atoms with Gasteiger partial charge in [0.2, 0.25) is 16.0 Å². The van der Waals surface area contributed by atoms with Crippen molar-refractivity contribution >= 4 is 27.0 Å². The lowest BCUT2D eigenvalue weighted by Crippen LogP contribution is -2.49. The van der Waals surface area contributed by atoms with E-state index in [-0.39, 0.29) is 5.56 Å². The van der Waals surface area contributed by atoms with Crippen molar-refractivity contribution < 1.29 is 8.42 Å². The Kier molecular flexibility index (Phi) is 4.67. The quantitative estimate of drug-likeness (QED) is 0.659. The predicted octanol–water partition coefficient (Wildman–Crippen LogP) is 1.68. The Bertz CT molecular complexity index is 1310. The van der Waals surface area contributed by atoms with E-state index in [1.807, 2.05) is 4.90 Å². The number of fused-ring (bicyclic) bond motifs is 1. The third kappa shape index (κ3) is 3.74. The van der Waals surface area contributed by atoms with Gasteiger partial charge in [0.15, 0.2) is 5.65 Å². The van der Waals surface area contributed by atoms with Crippen molar-refractivity contribution in [3.8, 4) is 5.69 Å². The molecule has 0 radical (unpaired) electrons. The van der Waals surface area contributed by atoms with E-state index in [0.717, 1.165) is 16.8 Å². The molecule has 2 fully saturated rings. The van der Waals surface area contributed by atoms with Crippen LogP contribution in [0.3, 0.4) is 0 Å². The van der Waals surface area contributed by atoms with E-state index in [4.69, 9.17) is 0 Å². The highest BCUT2D eigenvalue weighted by atomic mass is 32.2. The third-order valence-electron chi connectivity index (χ3n) is 6.17. The van der Waals surface area contributed by atoms with E-state index in [9.17, 15) is 13.2 Å². The number of anilines is 1. The molecule has 164 valence electrons. The van der Waals surface area contributed by atoms with Gasteiger partial charge in [-0.3, -0.25) is 9.78 Å². The summed E-state index contributed by atoms with van der Waals surface area (Å²) in [5.41, 5.74) is 4.75. The molecule has 3 aromatic rings. The highest BCUT2D eigenvalue weighted by Crippen LogP contribution is 2.41. The van der Waals surface area contributed by atoms with E-state index in [0.29, 0.717) is 49.1 Å². The van der Waals surface area contributed by atoms with Crippen LogP contribution in [0.4, 0.5) is 5.95 Å². The molecule has 31 heavy (non-hydrogen) atoms. The van der Waals surface area contributed by atoms with Gasteiger partial charge in [-0.15, -0.1) is 5.10 Å². The van der Waals surface area contributed by atoms with Crippen molar-refractivity contribution in [2.24, 2.45) is 0 Å². The fourth-order valence-corrected chi connectivity index (χ4v) is 5.23. The summed E-state index contributed by atoms with van der Waals surface area (Å²) < 4.78 is 26.7. The first-order chi connectivity index (χ1) is 14.7. The second-order valence-corrected chi connectivity index (χ2v) is 10.6. The van der Waals surface area contributed by atoms with Gasteiger partial charge in [0, 0.05) is 32.4 Å². The molecule has 1 saturated carbocycles. The van der Waals surface area contributed by atoms with Crippen LogP contribution in [0, 0.1) is 13.8 Å². The number of aromatic nitrogens is 4. The molecule has 10 heteroatoms.